The minimum atomic E-state index is -0.159. The number of nitrogens with one attached hydrogen (secondary N) is 1. The molecule has 1 fully saturated rings. The van der Waals surface area contributed by atoms with E-state index in [1.807, 2.05) is 11.8 Å². The van der Waals surface area contributed by atoms with Crippen LogP contribution in [0.25, 0.3) is 5.65 Å². The zero-order valence-electron chi connectivity index (χ0n) is 14.5. The van der Waals surface area contributed by atoms with E-state index in [1.54, 1.807) is 22.9 Å². The second-order valence-corrected chi connectivity index (χ2v) is 6.53. The summed E-state index contributed by atoms with van der Waals surface area (Å²) in [6, 6.07) is 3.49. The maximum absolute atomic E-state index is 12.7. The zero-order chi connectivity index (χ0) is 18.1. The largest absolute Gasteiger partial charge is 0.343 e. The number of nitrogens with zero attached hydrogens (tertiary/aromatic N) is 7. The fraction of sp³-hybridized carbons (Fsp3) is 0.500. The van der Waals surface area contributed by atoms with Gasteiger partial charge in [0.2, 0.25) is 0 Å². The Balaban J connectivity index is 1.39. The van der Waals surface area contributed by atoms with Crippen LogP contribution >= 0.6 is 0 Å². The Bertz CT molecular complexity index is 979. The maximum atomic E-state index is 12.7. The number of piperidine rings is 1. The Kier molecular flexibility index (Phi) is 4.23. The number of likely N-dealkylation sites (tertiary alicyclic amines) is 1. The molecule has 1 saturated heterocycles. The van der Waals surface area contributed by atoms with Crippen molar-refractivity contribution in [3.05, 3.63) is 40.2 Å². The summed E-state index contributed by atoms with van der Waals surface area (Å²) in [5.74, 6) is 1.21. The Morgan fingerprint density at radius 2 is 2.12 bits per heavy atom. The number of hydrogen-bond donors (Lipinski definition) is 1. The summed E-state index contributed by atoms with van der Waals surface area (Å²) in [6.45, 7) is 3.93. The SMILES string of the molecule is CCn1c(CC2CCN(C(=O)c3ccc4nnnn4c3)CC2)n[nH]c1=O. The Morgan fingerprint density at radius 1 is 1.31 bits per heavy atom. The molecule has 0 spiro atoms. The van der Waals surface area contributed by atoms with Crippen LogP contribution in [0.1, 0.15) is 35.9 Å². The molecule has 0 aliphatic carbocycles. The van der Waals surface area contributed by atoms with Crippen LogP contribution in [0.15, 0.2) is 23.1 Å². The van der Waals surface area contributed by atoms with Gasteiger partial charge in [0.1, 0.15) is 5.82 Å². The molecule has 26 heavy (non-hydrogen) atoms. The molecule has 3 aromatic heterocycles. The van der Waals surface area contributed by atoms with Crippen molar-refractivity contribution in [2.45, 2.75) is 32.7 Å². The molecule has 0 bridgehead atoms. The van der Waals surface area contributed by atoms with Crippen LogP contribution in [0.3, 0.4) is 0 Å². The van der Waals surface area contributed by atoms with Crippen molar-refractivity contribution in [3.63, 3.8) is 0 Å². The average molecular weight is 356 g/mol. The topological polar surface area (TPSA) is 114 Å². The summed E-state index contributed by atoms with van der Waals surface area (Å²) in [4.78, 5) is 26.2. The number of H-pyrrole nitrogens is 1. The number of carbonyl (C=O) groups is 1. The number of rotatable bonds is 4. The predicted octanol–water partition coefficient (Wildman–Crippen LogP) is 0.124. The fourth-order valence-electron chi connectivity index (χ4n) is 3.48. The monoisotopic (exact) mass is 356 g/mol. The third kappa shape index (κ3) is 2.98. The van der Waals surface area contributed by atoms with Gasteiger partial charge in [0.15, 0.2) is 5.65 Å². The third-order valence-electron chi connectivity index (χ3n) is 4.97. The van der Waals surface area contributed by atoms with Gasteiger partial charge in [0.05, 0.1) is 5.56 Å². The number of amides is 1. The average Bonchev–Trinajstić information content (AvgIpc) is 3.27. The van der Waals surface area contributed by atoms with E-state index in [4.69, 9.17) is 0 Å². The van der Waals surface area contributed by atoms with E-state index in [2.05, 4.69) is 25.7 Å². The zero-order valence-corrected chi connectivity index (χ0v) is 14.5. The molecule has 0 saturated carbocycles. The van der Waals surface area contributed by atoms with E-state index in [0.717, 1.165) is 25.1 Å². The predicted molar refractivity (Wildman–Crippen MR) is 91.6 cm³/mol. The van der Waals surface area contributed by atoms with Crippen molar-refractivity contribution in [2.24, 2.45) is 5.92 Å². The number of pyridine rings is 1. The number of carbonyl (C=O) groups excluding carboxylic acids is 1. The highest BCUT2D eigenvalue weighted by Crippen LogP contribution is 2.22. The van der Waals surface area contributed by atoms with E-state index in [-0.39, 0.29) is 11.6 Å². The highest BCUT2D eigenvalue weighted by molar-refractivity contribution is 5.94. The van der Waals surface area contributed by atoms with E-state index in [9.17, 15) is 9.59 Å². The molecule has 4 rings (SSSR count). The van der Waals surface area contributed by atoms with Crippen molar-refractivity contribution in [1.82, 2.24) is 39.7 Å². The number of hydrogen-bond acceptors (Lipinski definition) is 6. The van der Waals surface area contributed by atoms with Crippen LogP contribution in [0.5, 0.6) is 0 Å². The Morgan fingerprint density at radius 3 is 2.88 bits per heavy atom. The van der Waals surface area contributed by atoms with Gasteiger partial charge in [0, 0.05) is 32.3 Å². The van der Waals surface area contributed by atoms with Crippen molar-refractivity contribution in [3.8, 4) is 0 Å². The maximum Gasteiger partial charge on any atom is 0.343 e. The standard InChI is InChI=1S/C16H20N8O2/c1-2-23-14(17-19-16(23)26)9-11-5-7-22(8-6-11)15(25)12-3-4-13-18-20-21-24(13)10-12/h3-4,10-11H,2,5-9H2,1H3,(H,19,26). The molecule has 0 radical (unpaired) electrons. The van der Waals surface area contributed by atoms with E-state index >= 15 is 0 Å². The summed E-state index contributed by atoms with van der Waals surface area (Å²) < 4.78 is 3.17. The summed E-state index contributed by atoms with van der Waals surface area (Å²) >= 11 is 0. The van der Waals surface area contributed by atoms with Gasteiger partial charge in [0.25, 0.3) is 5.91 Å². The van der Waals surface area contributed by atoms with E-state index in [0.29, 0.717) is 36.8 Å². The van der Waals surface area contributed by atoms with Gasteiger partial charge in [-0.05, 0) is 48.2 Å². The molecule has 1 aliphatic heterocycles. The summed E-state index contributed by atoms with van der Waals surface area (Å²) in [7, 11) is 0. The highest BCUT2D eigenvalue weighted by Gasteiger charge is 2.25. The van der Waals surface area contributed by atoms with Crippen LogP contribution < -0.4 is 5.69 Å². The summed E-state index contributed by atoms with van der Waals surface area (Å²) in [5.41, 5.74) is 1.03. The molecule has 1 aliphatic rings. The van der Waals surface area contributed by atoms with Crippen LogP contribution in [-0.4, -0.2) is 58.7 Å². The second-order valence-electron chi connectivity index (χ2n) is 6.53. The number of aromatic amines is 1. The molecule has 0 unspecified atom stereocenters. The molecule has 10 nitrogen and oxygen atoms in total. The lowest BCUT2D eigenvalue weighted by molar-refractivity contribution is 0.0689. The first-order valence-electron chi connectivity index (χ1n) is 8.77. The molecular weight excluding hydrogens is 336 g/mol. The molecule has 10 heteroatoms. The highest BCUT2D eigenvalue weighted by atomic mass is 16.2. The smallest absolute Gasteiger partial charge is 0.339 e. The van der Waals surface area contributed by atoms with Crippen LogP contribution in [-0.2, 0) is 13.0 Å². The first-order chi connectivity index (χ1) is 12.7. The first kappa shape index (κ1) is 16.4. The number of aromatic nitrogens is 7. The lowest BCUT2D eigenvalue weighted by Crippen LogP contribution is -2.39. The van der Waals surface area contributed by atoms with Crippen LogP contribution in [0, 0.1) is 5.92 Å². The molecular formula is C16H20N8O2. The Hall–Kier alpha value is -3.04. The summed E-state index contributed by atoms with van der Waals surface area (Å²) in [6.07, 6.45) is 4.20. The van der Waals surface area contributed by atoms with Gasteiger partial charge in [-0.15, -0.1) is 5.10 Å². The van der Waals surface area contributed by atoms with E-state index in [1.165, 1.54) is 4.52 Å². The molecule has 0 aromatic carbocycles. The second kappa shape index (κ2) is 6.70. The van der Waals surface area contributed by atoms with Crippen molar-refractivity contribution in [1.29, 1.82) is 0 Å². The molecule has 4 heterocycles. The van der Waals surface area contributed by atoms with Crippen LogP contribution in [0.2, 0.25) is 0 Å². The fourth-order valence-corrected chi connectivity index (χ4v) is 3.48. The molecule has 1 N–H and O–H groups in total. The van der Waals surface area contributed by atoms with Crippen LogP contribution in [0.4, 0.5) is 0 Å². The normalized spacial score (nSPS) is 15.7. The lowest BCUT2D eigenvalue weighted by atomic mass is 9.93. The van der Waals surface area contributed by atoms with E-state index < -0.39 is 0 Å². The number of tetrazole rings is 1. The van der Waals surface area contributed by atoms with Gasteiger partial charge in [-0.1, -0.05) is 0 Å². The molecule has 0 atom stereocenters. The van der Waals surface area contributed by atoms with Crippen molar-refractivity contribution < 1.29 is 4.79 Å². The minimum Gasteiger partial charge on any atom is -0.339 e. The molecule has 1 amide bonds. The molecule has 136 valence electrons. The van der Waals surface area contributed by atoms with Crippen molar-refractivity contribution >= 4 is 11.6 Å². The lowest BCUT2D eigenvalue weighted by Gasteiger charge is -2.31. The quantitative estimate of drug-likeness (QED) is 0.710. The number of fused-ring (bicyclic) bond motifs is 1. The third-order valence-corrected chi connectivity index (χ3v) is 4.97. The minimum absolute atomic E-state index is 0.00825. The van der Waals surface area contributed by atoms with Gasteiger partial charge >= 0.3 is 5.69 Å². The van der Waals surface area contributed by atoms with Crippen molar-refractivity contribution in [2.75, 3.05) is 13.1 Å². The first-order valence-corrected chi connectivity index (χ1v) is 8.77. The van der Waals surface area contributed by atoms with Gasteiger partial charge in [-0.25, -0.2) is 9.89 Å². The molecule has 3 aromatic rings. The van der Waals surface area contributed by atoms with Gasteiger partial charge in [-0.3, -0.25) is 9.36 Å². The van der Waals surface area contributed by atoms with Gasteiger partial charge < -0.3 is 4.90 Å². The van der Waals surface area contributed by atoms with Gasteiger partial charge in [-0.2, -0.15) is 9.61 Å². The Labute approximate surface area is 148 Å². The summed E-state index contributed by atoms with van der Waals surface area (Å²) in [5, 5.41) is 17.9.